The zero-order valence-corrected chi connectivity index (χ0v) is 11.4. The number of benzene rings is 1. The molecule has 0 bridgehead atoms. The molecule has 6 heteroatoms. The van der Waals surface area contributed by atoms with Gasteiger partial charge in [0.15, 0.2) is 0 Å². The molecule has 0 aliphatic rings. The van der Waals surface area contributed by atoms with E-state index in [9.17, 15) is 4.79 Å². The summed E-state index contributed by atoms with van der Waals surface area (Å²) in [5, 5.41) is 12.4. The summed E-state index contributed by atoms with van der Waals surface area (Å²) < 4.78 is 9.82. The molecule has 0 aliphatic carbocycles. The average molecular weight is 291 g/mol. The fourth-order valence-corrected chi connectivity index (χ4v) is 1.80. The molecule has 1 N–H and O–H groups in total. The van der Waals surface area contributed by atoms with Crippen molar-refractivity contribution < 1.29 is 13.9 Å². The second-order valence-corrected chi connectivity index (χ2v) is 4.36. The molecule has 0 amide bonds. The zero-order chi connectivity index (χ0) is 14.5. The van der Waals surface area contributed by atoms with E-state index in [0.29, 0.717) is 34.1 Å². The molecule has 5 nitrogen and oxygen atoms in total. The van der Waals surface area contributed by atoms with Gasteiger partial charge in [-0.05, 0) is 24.3 Å². The van der Waals surface area contributed by atoms with Crippen molar-refractivity contribution in [2.45, 2.75) is 6.54 Å². The summed E-state index contributed by atoms with van der Waals surface area (Å²) in [6.07, 6.45) is 1.33. The second kappa shape index (κ2) is 6.13. The summed E-state index contributed by atoms with van der Waals surface area (Å²) in [7, 11) is 1.31. The molecule has 0 spiro atoms. The quantitative estimate of drug-likeness (QED) is 0.875. The summed E-state index contributed by atoms with van der Waals surface area (Å²) in [5.41, 5.74) is 1.48. The number of halogens is 1. The Kier molecular flexibility index (Phi) is 4.28. The van der Waals surface area contributed by atoms with Gasteiger partial charge < -0.3 is 14.5 Å². The lowest BCUT2D eigenvalue weighted by molar-refractivity contribution is 0.0600. The van der Waals surface area contributed by atoms with Crippen molar-refractivity contribution in [2.75, 3.05) is 12.4 Å². The van der Waals surface area contributed by atoms with Crippen LogP contribution in [0, 0.1) is 11.3 Å². The molecule has 2 rings (SSSR count). The number of carbonyl (C=O) groups is 1. The van der Waals surface area contributed by atoms with Gasteiger partial charge in [-0.15, -0.1) is 0 Å². The maximum atomic E-state index is 11.3. The molecule has 1 aromatic heterocycles. The number of esters is 1. The molecular formula is C14H11ClN2O3. The number of anilines is 1. The van der Waals surface area contributed by atoms with Crippen LogP contribution in [0.2, 0.25) is 5.02 Å². The third-order valence-corrected chi connectivity index (χ3v) is 2.95. The number of nitrogens with one attached hydrogen (secondary N) is 1. The fourth-order valence-electron chi connectivity index (χ4n) is 1.61. The number of hydrogen-bond donors (Lipinski definition) is 1. The molecule has 2 aromatic rings. The van der Waals surface area contributed by atoms with Gasteiger partial charge in [0.25, 0.3) is 0 Å². The van der Waals surface area contributed by atoms with Gasteiger partial charge in [0.05, 0.1) is 41.6 Å². The highest BCUT2D eigenvalue weighted by Gasteiger charge is 2.10. The first-order chi connectivity index (χ1) is 9.63. The summed E-state index contributed by atoms with van der Waals surface area (Å²) in [5.74, 6) is 0.105. The lowest BCUT2D eigenvalue weighted by Crippen LogP contribution is -2.00. The summed E-state index contributed by atoms with van der Waals surface area (Å²) in [4.78, 5) is 11.3. The Morgan fingerprint density at radius 2 is 2.30 bits per heavy atom. The van der Waals surface area contributed by atoms with E-state index in [0.717, 1.165) is 0 Å². The molecule has 102 valence electrons. The van der Waals surface area contributed by atoms with Crippen LogP contribution in [0.3, 0.4) is 0 Å². The topological polar surface area (TPSA) is 75.3 Å². The first kappa shape index (κ1) is 14.0. The maximum Gasteiger partial charge on any atom is 0.341 e. The molecular weight excluding hydrogens is 280 g/mol. The number of furan rings is 1. The van der Waals surface area contributed by atoms with Crippen LogP contribution in [-0.2, 0) is 11.3 Å². The minimum absolute atomic E-state index is 0.339. The largest absolute Gasteiger partial charge is 0.467 e. The van der Waals surface area contributed by atoms with Crippen molar-refractivity contribution in [3.63, 3.8) is 0 Å². The Labute approximate surface area is 120 Å². The molecule has 1 aromatic carbocycles. The number of carbonyl (C=O) groups excluding carboxylic acids is 1. The van der Waals surface area contributed by atoms with Crippen molar-refractivity contribution in [3.8, 4) is 6.07 Å². The minimum Gasteiger partial charge on any atom is -0.467 e. The molecule has 0 radical (unpaired) electrons. The second-order valence-electron chi connectivity index (χ2n) is 3.95. The van der Waals surface area contributed by atoms with E-state index in [2.05, 4.69) is 10.1 Å². The molecule has 0 saturated heterocycles. The number of nitriles is 1. The number of ether oxygens (including phenoxy) is 1. The van der Waals surface area contributed by atoms with Crippen molar-refractivity contribution in [3.05, 3.63) is 52.4 Å². The van der Waals surface area contributed by atoms with Crippen molar-refractivity contribution in [1.82, 2.24) is 0 Å². The Hall–Kier alpha value is -2.45. The number of methoxy groups -OCH3 is 1. The van der Waals surface area contributed by atoms with E-state index < -0.39 is 5.97 Å². The van der Waals surface area contributed by atoms with Crippen molar-refractivity contribution in [2.24, 2.45) is 0 Å². The van der Waals surface area contributed by atoms with Crippen LogP contribution in [0.4, 0.5) is 5.69 Å². The molecule has 0 unspecified atom stereocenters. The number of rotatable bonds is 4. The summed E-state index contributed by atoms with van der Waals surface area (Å²) in [6, 6.07) is 8.54. The van der Waals surface area contributed by atoms with Gasteiger partial charge in [0.1, 0.15) is 12.0 Å². The normalized spacial score (nSPS) is 9.85. The first-order valence-corrected chi connectivity index (χ1v) is 6.11. The molecule has 0 atom stereocenters. The van der Waals surface area contributed by atoms with E-state index in [-0.39, 0.29) is 0 Å². The Balaban J connectivity index is 2.07. The average Bonchev–Trinajstić information content (AvgIpc) is 2.94. The summed E-state index contributed by atoms with van der Waals surface area (Å²) in [6.45, 7) is 0.339. The fraction of sp³-hybridized carbons (Fsp3) is 0.143. The maximum absolute atomic E-state index is 11.3. The van der Waals surface area contributed by atoms with Crippen LogP contribution in [0.5, 0.6) is 0 Å². The van der Waals surface area contributed by atoms with Crippen LogP contribution in [0.1, 0.15) is 21.7 Å². The Bertz CT molecular complexity index is 673. The molecule has 0 saturated carbocycles. The highest BCUT2D eigenvalue weighted by atomic mass is 35.5. The van der Waals surface area contributed by atoms with Crippen LogP contribution < -0.4 is 5.32 Å². The van der Waals surface area contributed by atoms with E-state index in [1.165, 1.54) is 13.4 Å². The van der Waals surface area contributed by atoms with Gasteiger partial charge in [-0.3, -0.25) is 0 Å². The molecule has 20 heavy (non-hydrogen) atoms. The third-order valence-electron chi connectivity index (χ3n) is 2.62. The van der Waals surface area contributed by atoms with Crippen LogP contribution in [0.15, 0.2) is 34.9 Å². The van der Waals surface area contributed by atoms with Crippen LogP contribution >= 0.6 is 11.6 Å². The van der Waals surface area contributed by atoms with Gasteiger partial charge in [0.2, 0.25) is 0 Å². The number of nitrogens with zero attached hydrogens (tertiary/aromatic N) is 1. The predicted octanol–water partition coefficient (Wildman–Crippen LogP) is 3.20. The third kappa shape index (κ3) is 3.11. The van der Waals surface area contributed by atoms with Gasteiger partial charge in [0, 0.05) is 0 Å². The van der Waals surface area contributed by atoms with Gasteiger partial charge in [-0.25, -0.2) is 4.79 Å². The Morgan fingerprint density at radius 3 is 3.00 bits per heavy atom. The minimum atomic E-state index is -0.454. The zero-order valence-electron chi connectivity index (χ0n) is 10.6. The molecule has 0 aliphatic heterocycles. The van der Waals surface area contributed by atoms with E-state index in [4.69, 9.17) is 21.3 Å². The standard InChI is InChI=1S/C14H11ClN2O3/c1-19-14(18)10-5-11(20-8-10)7-17-13-4-9(6-16)2-3-12(13)15/h2-5,8,17H,7H2,1H3. The van der Waals surface area contributed by atoms with Gasteiger partial charge >= 0.3 is 5.97 Å². The van der Waals surface area contributed by atoms with Crippen LogP contribution in [0.25, 0.3) is 0 Å². The lowest BCUT2D eigenvalue weighted by atomic mass is 10.2. The smallest absolute Gasteiger partial charge is 0.341 e. The Morgan fingerprint density at radius 1 is 1.50 bits per heavy atom. The van der Waals surface area contributed by atoms with Gasteiger partial charge in [-0.1, -0.05) is 11.6 Å². The predicted molar refractivity (Wildman–Crippen MR) is 73.5 cm³/mol. The highest BCUT2D eigenvalue weighted by Crippen LogP contribution is 2.23. The monoisotopic (exact) mass is 290 g/mol. The van der Waals surface area contributed by atoms with E-state index >= 15 is 0 Å². The highest BCUT2D eigenvalue weighted by molar-refractivity contribution is 6.33. The SMILES string of the molecule is COC(=O)c1coc(CNc2cc(C#N)ccc2Cl)c1. The first-order valence-electron chi connectivity index (χ1n) is 5.73. The number of hydrogen-bond acceptors (Lipinski definition) is 5. The van der Waals surface area contributed by atoms with Crippen molar-refractivity contribution >= 4 is 23.3 Å². The lowest BCUT2D eigenvalue weighted by Gasteiger charge is -2.06. The summed E-state index contributed by atoms with van der Waals surface area (Å²) >= 11 is 6.02. The molecule has 1 heterocycles. The van der Waals surface area contributed by atoms with Gasteiger partial charge in [-0.2, -0.15) is 5.26 Å². The van der Waals surface area contributed by atoms with Crippen molar-refractivity contribution in [1.29, 1.82) is 5.26 Å². The van der Waals surface area contributed by atoms with Crippen LogP contribution in [-0.4, -0.2) is 13.1 Å². The van der Waals surface area contributed by atoms with E-state index in [1.807, 2.05) is 6.07 Å². The molecule has 0 fully saturated rings. The van der Waals surface area contributed by atoms with E-state index in [1.54, 1.807) is 24.3 Å².